The zero-order chi connectivity index (χ0) is 35.9. The molecule has 2 fully saturated rings. The first kappa shape index (κ1) is 41.6. The Morgan fingerprint density at radius 1 is 0.783 bits per heavy atom. The number of aliphatic carboxylic acids is 1. The molecule has 2 heterocycles. The van der Waals surface area contributed by atoms with Crippen LogP contribution in [-0.2, 0) is 33.4 Å². The van der Waals surface area contributed by atoms with Crippen molar-refractivity contribution in [2.24, 2.45) is 23.3 Å². The van der Waals surface area contributed by atoms with E-state index in [0.29, 0.717) is 0 Å². The highest BCUT2D eigenvalue weighted by atomic mass is 19.2. The van der Waals surface area contributed by atoms with Crippen LogP contribution >= 0.6 is 0 Å². The van der Waals surface area contributed by atoms with E-state index >= 15 is 0 Å². The fourth-order valence-electron chi connectivity index (χ4n) is 5.09. The van der Waals surface area contributed by atoms with E-state index in [1.54, 1.807) is 0 Å². The van der Waals surface area contributed by atoms with Crippen LogP contribution in [0.2, 0.25) is 0 Å². The molecule has 0 aromatic heterocycles. The zero-order valence-corrected chi connectivity index (χ0v) is 25.1. The molecule has 0 bridgehead atoms. The summed E-state index contributed by atoms with van der Waals surface area (Å²) in [6, 6.07) is -3.44. The largest absolute Gasteiger partial charge is 0.477 e. The second-order valence-electron chi connectivity index (χ2n) is 11.1. The number of hydrogen-bond donors (Lipinski definition) is 9. The minimum atomic E-state index is -3.83. The van der Waals surface area contributed by atoms with Gasteiger partial charge in [-0.1, -0.05) is 0 Å². The van der Waals surface area contributed by atoms with E-state index in [9.17, 15) is 57.2 Å². The predicted molar refractivity (Wildman–Crippen MR) is 143 cm³/mol. The minimum Gasteiger partial charge on any atom is -0.477 e. The second-order valence-corrected chi connectivity index (χ2v) is 11.1. The third kappa shape index (κ3) is 9.14. The number of halogens is 4. The number of carboxylic acid groups (broad SMARTS) is 1. The molecule has 0 saturated carbocycles. The van der Waals surface area contributed by atoms with E-state index < -0.39 is 128 Å². The van der Waals surface area contributed by atoms with Gasteiger partial charge in [-0.3, -0.25) is 0 Å². The molecule has 46 heavy (non-hydrogen) atoms. The monoisotopic (exact) mass is 682 g/mol. The van der Waals surface area contributed by atoms with E-state index in [-0.39, 0.29) is 13.0 Å². The van der Waals surface area contributed by atoms with Gasteiger partial charge >= 0.3 is 23.6 Å². The van der Waals surface area contributed by atoms with E-state index in [0.717, 1.165) is 6.92 Å². The van der Waals surface area contributed by atoms with Gasteiger partial charge in [0.05, 0.1) is 32.0 Å². The molecule has 2 aliphatic heterocycles. The molecule has 0 aromatic carbocycles. The molecular formula is C26H42F4N2O14. The molecule has 2 saturated heterocycles. The molecule has 2 rings (SSSR count). The smallest absolute Gasteiger partial charge is 0.375 e. The van der Waals surface area contributed by atoms with E-state index in [2.05, 4.69) is 9.47 Å². The van der Waals surface area contributed by atoms with Crippen LogP contribution in [0.15, 0.2) is 0 Å². The van der Waals surface area contributed by atoms with Gasteiger partial charge < -0.3 is 71.0 Å². The first-order valence-corrected chi connectivity index (χ1v) is 14.0. The second kappa shape index (κ2) is 17.1. The summed E-state index contributed by atoms with van der Waals surface area (Å²) in [5, 5.41) is 65.4. The summed E-state index contributed by atoms with van der Waals surface area (Å²) in [6.45, 7) is 1.60. The molecule has 0 aromatic rings. The van der Waals surface area contributed by atoms with Crippen LogP contribution in [0.3, 0.4) is 0 Å². The van der Waals surface area contributed by atoms with Crippen molar-refractivity contribution >= 4 is 23.5 Å². The maximum Gasteiger partial charge on any atom is 0.375 e. The molecule has 0 spiro atoms. The van der Waals surface area contributed by atoms with Crippen molar-refractivity contribution in [1.82, 2.24) is 0 Å². The Balaban J connectivity index is 0.000000462. The maximum atomic E-state index is 14.8. The average Bonchev–Trinajstić information content (AvgIpc) is 2.99. The lowest BCUT2D eigenvalue weighted by Crippen LogP contribution is -2.68. The first-order chi connectivity index (χ1) is 21.2. The van der Waals surface area contributed by atoms with Crippen molar-refractivity contribution < 1.29 is 86.7 Å². The number of ether oxygens (including phenoxy) is 3. The molecule has 0 radical (unpaired) electrons. The maximum absolute atomic E-state index is 14.8. The Hall–Kier alpha value is -2.40. The Morgan fingerprint density at radius 2 is 1.13 bits per heavy atom. The number of nitrogens with two attached hydrogens (primary N) is 2. The summed E-state index contributed by atoms with van der Waals surface area (Å²) in [6.07, 6.45) is -17.1. The Labute approximate surface area is 260 Å². The van der Waals surface area contributed by atoms with E-state index in [1.807, 2.05) is 0 Å². The highest BCUT2D eigenvalue weighted by Crippen LogP contribution is 2.41. The average molecular weight is 683 g/mol. The summed E-state index contributed by atoms with van der Waals surface area (Å²) in [5.74, 6) is -14.8. The topological polar surface area (TPSA) is 290 Å². The fourth-order valence-corrected chi connectivity index (χ4v) is 5.09. The molecule has 20 heteroatoms. The van der Waals surface area contributed by atoms with E-state index in [1.165, 1.54) is 13.8 Å². The molecule has 2 aliphatic rings. The van der Waals surface area contributed by atoms with Crippen molar-refractivity contribution in [3.8, 4) is 0 Å². The third-order valence-corrected chi connectivity index (χ3v) is 7.56. The molecule has 0 amide bonds. The van der Waals surface area contributed by atoms with Gasteiger partial charge in [0.1, 0.15) is 36.0 Å². The summed E-state index contributed by atoms with van der Waals surface area (Å²) in [4.78, 5) is 45.2. The standard InChI is InChI=1S/C14H23F2NO7.C12H19F2NO7/c1-3-23-13(22)14(16)12(15)9(17)7(4-6(2)19)11(24-14)10(21)8(20)5-18;1-4(17)2-5-7(15)10(13)12(14,11(20)21)22-9(5)8(19)6(18)3-16/h7-12,18,20-21H,3-5,17H2,1-2H3;5-10,16,18-19H,2-3,15H2,1H3,(H,20,21)/t7-,8-,9+,10-,11?,12?,14-;5-,6-,7+,8-,9?,10?,12-/m11/s1. The van der Waals surface area contributed by atoms with Crippen LogP contribution in [0, 0.1) is 11.8 Å². The van der Waals surface area contributed by atoms with Crippen LogP contribution in [0.5, 0.6) is 0 Å². The van der Waals surface area contributed by atoms with Crippen LogP contribution in [0.4, 0.5) is 17.6 Å². The molecule has 16 nitrogen and oxygen atoms in total. The number of carbonyl (C=O) groups is 4. The number of alkyl halides is 4. The van der Waals surface area contributed by atoms with E-state index in [4.69, 9.17) is 31.5 Å². The Bertz CT molecular complexity index is 1060. The van der Waals surface area contributed by atoms with Crippen LogP contribution < -0.4 is 11.5 Å². The zero-order valence-electron chi connectivity index (χ0n) is 25.1. The minimum absolute atomic E-state index is 0.251. The number of aliphatic hydroxyl groups is 6. The Morgan fingerprint density at radius 3 is 1.43 bits per heavy atom. The van der Waals surface area contributed by atoms with Gasteiger partial charge in [0.25, 0.3) is 0 Å². The van der Waals surface area contributed by atoms with Gasteiger partial charge in [-0.05, 0) is 20.8 Å². The van der Waals surface area contributed by atoms with Crippen LogP contribution in [-0.4, -0.2) is 152 Å². The van der Waals surface area contributed by atoms with Gasteiger partial charge in [0.15, 0.2) is 12.3 Å². The van der Waals surface area contributed by atoms with Gasteiger partial charge in [0.2, 0.25) is 0 Å². The van der Waals surface area contributed by atoms with Gasteiger partial charge in [-0.15, -0.1) is 0 Å². The van der Waals surface area contributed by atoms with Crippen molar-refractivity contribution in [2.75, 3.05) is 19.8 Å². The SMILES string of the molecule is CC(=O)C[C@H]1C([C@H](O)[C@H](O)CO)O[C@@](F)(C(=O)O)C(F)[C@H]1N.CCOC(=O)[C@]1(F)OC([C@H](O)[C@H](O)CO)[C@H](CC(C)=O)[C@H](N)C1F. The number of aliphatic hydroxyl groups excluding tert-OH is 6. The number of rotatable bonds is 13. The number of hydrogen-bond acceptors (Lipinski definition) is 15. The lowest BCUT2D eigenvalue weighted by molar-refractivity contribution is -0.286. The number of esters is 1. The summed E-state index contributed by atoms with van der Waals surface area (Å²) in [7, 11) is 0. The Kier molecular flexibility index (Phi) is 15.5. The van der Waals surface area contributed by atoms with Crippen LogP contribution in [0.1, 0.15) is 33.6 Å². The highest BCUT2D eigenvalue weighted by molar-refractivity contribution is 5.80. The number of Topliss-reactive ketones (excluding diaryl/α,β-unsaturated/α-hetero) is 2. The quantitative estimate of drug-likeness (QED) is 0.0679. The molecule has 14 atom stereocenters. The predicted octanol–water partition coefficient (Wildman–Crippen LogP) is -3.30. The first-order valence-electron chi connectivity index (χ1n) is 14.0. The fraction of sp³-hybridized carbons (Fsp3) is 0.846. The molecule has 0 aliphatic carbocycles. The van der Waals surface area contributed by atoms with Crippen molar-refractivity contribution in [3.63, 3.8) is 0 Å². The molecule has 268 valence electrons. The summed E-state index contributed by atoms with van der Waals surface area (Å²) in [5.41, 5.74) is 11.1. The number of carbonyl (C=O) groups excluding carboxylic acids is 3. The third-order valence-electron chi connectivity index (χ3n) is 7.56. The summed E-state index contributed by atoms with van der Waals surface area (Å²) >= 11 is 0. The highest BCUT2D eigenvalue weighted by Gasteiger charge is 2.63. The van der Waals surface area contributed by atoms with Crippen molar-refractivity contribution in [1.29, 1.82) is 0 Å². The van der Waals surface area contributed by atoms with Gasteiger partial charge in [-0.2, -0.15) is 8.78 Å². The number of ketones is 2. The number of carboxylic acids is 1. The van der Waals surface area contributed by atoms with Crippen LogP contribution in [0.25, 0.3) is 0 Å². The summed E-state index contributed by atoms with van der Waals surface area (Å²) < 4.78 is 71.1. The molecule has 11 N–H and O–H groups in total. The lowest BCUT2D eigenvalue weighted by Gasteiger charge is -2.46. The molecule has 4 unspecified atom stereocenters. The lowest BCUT2D eigenvalue weighted by atomic mass is 9.79. The normalized spacial score (nSPS) is 37.1. The van der Waals surface area contributed by atoms with Crippen molar-refractivity contribution in [3.05, 3.63) is 0 Å². The van der Waals surface area contributed by atoms with Crippen molar-refractivity contribution in [2.45, 2.75) is 106 Å². The van der Waals surface area contributed by atoms with Gasteiger partial charge in [-0.25, -0.2) is 18.4 Å². The molecular weight excluding hydrogens is 640 g/mol. The van der Waals surface area contributed by atoms with Gasteiger partial charge in [0, 0.05) is 36.8 Å².